The van der Waals surface area contributed by atoms with E-state index in [1.54, 1.807) is 11.8 Å². The molecule has 0 aromatic heterocycles. The Morgan fingerprint density at radius 3 is 2.07 bits per heavy atom. The van der Waals surface area contributed by atoms with Crippen LogP contribution in [0.15, 0.2) is 35.2 Å². The predicted molar refractivity (Wildman–Crippen MR) is 150 cm³/mol. The van der Waals surface area contributed by atoms with Gasteiger partial charge in [-0.15, -0.1) is 0 Å². The molecule has 44 heavy (non-hydrogen) atoms. The molecule has 240 valence electrons. The van der Waals surface area contributed by atoms with Crippen LogP contribution in [0.25, 0.3) is 0 Å². The first kappa shape index (κ1) is 33.1. The van der Waals surface area contributed by atoms with E-state index in [2.05, 4.69) is 5.32 Å². The van der Waals surface area contributed by atoms with Crippen molar-refractivity contribution >= 4 is 33.6 Å². The molecule has 10 nitrogen and oxygen atoms in total. The average Bonchev–Trinajstić information content (AvgIpc) is 3.39. The number of carbonyl (C=O) groups is 2. The molecule has 16 heteroatoms. The summed E-state index contributed by atoms with van der Waals surface area (Å²) >= 11 is 0. The first-order valence-electron chi connectivity index (χ1n) is 14.1. The minimum Gasteiger partial charge on any atom is -0.370 e. The summed E-state index contributed by atoms with van der Waals surface area (Å²) in [5.74, 6) is -13.6. The Balaban J connectivity index is 1.71. The van der Waals surface area contributed by atoms with Gasteiger partial charge in [0.25, 0.3) is 10.0 Å². The Kier molecular flexibility index (Phi) is 9.54. The monoisotopic (exact) mass is 645 g/mol. The van der Waals surface area contributed by atoms with Crippen molar-refractivity contribution in [2.75, 3.05) is 30.5 Å². The van der Waals surface area contributed by atoms with Gasteiger partial charge < -0.3 is 16.0 Å². The van der Waals surface area contributed by atoms with E-state index in [4.69, 9.17) is 11.1 Å². The Hall–Kier alpha value is -3.79. The quantitative estimate of drug-likeness (QED) is 0.105. The Morgan fingerprint density at radius 2 is 1.57 bits per heavy atom. The Morgan fingerprint density at radius 1 is 1.02 bits per heavy atom. The van der Waals surface area contributed by atoms with E-state index in [1.165, 1.54) is 30.3 Å². The number of hydrogen-bond acceptors (Lipinski definition) is 5. The van der Waals surface area contributed by atoms with Crippen LogP contribution < -0.4 is 15.4 Å². The van der Waals surface area contributed by atoms with Gasteiger partial charge in [0.15, 0.2) is 40.2 Å². The Bertz CT molecular complexity index is 1530. The van der Waals surface area contributed by atoms with E-state index in [1.807, 2.05) is 0 Å². The topological polar surface area (TPSA) is 137 Å². The molecule has 3 amide bonds. The lowest BCUT2D eigenvalue weighted by molar-refractivity contribution is -0.785. The van der Waals surface area contributed by atoms with Crippen LogP contribution in [0, 0.1) is 40.4 Å². The number of nitrogens with two attached hydrogens (primary N) is 1. The highest BCUT2D eigenvalue weighted by atomic mass is 32.2. The van der Waals surface area contributed by atoms with Crippen molar-refractivity contribution in [3.63, 3.8) is 0 Å². The number of carbonyl (C=O) groups excluding carboxylic acids is 2. The number of piperidine rings is 1. The van der Waals surface area contributed by atoms with E-state index >= 15 is 0 Å². The molecule has 3 atom stereocenters. The number of sulfonamides is 1. The number of urea groups is 1. The smallest absolute Gasteiger partial charge is 0.370 e. The van der Waals surface area contributed by atoms with Crippen LogP contribution in [-0.2, 0) is 14.8 Å². The zero-order chi connectivity index (χ0) is 32.6. The van der Waals surface area contributed by atoms with Crippen molar-refractivity contribution in [3.05, 3.63) is 59.4 Å². The zero-order valence-corrected chi connectivity index (χ0v) is 24.9. The number of hydrogen-bond donors (Lipinski definition) is 3. The van der Waals surface area contributed by atoms with Gasteiger partial charge in [-0.3, -0.25) is 5.41 Å². The van der Waals surface area contributed by atoms with Crippen molar-refractivity contribution in [1.29, 1.82) is 5.41 Å². The molecule has 0 radical (unpaired) electrons. The van der Waals surface area contributed by atoms with Crippen molar-refractivity contribution in [1.82, 2.24) is 10.2 Å². The number of guanidine groups is 1. The molecule has 0 bridgehead atoms. The van der Waals surface area contributed by atoms with Gasteiger partial charge in [-0.2, -0.15) is 4.48 Å². The van der Waals surface area contributed by atoms with Gasteiger partial charge in [0, 0.05) is 32.5 Å². The van der Waals surface area contributed by atoms with Crippen molar-refractivity contribution < 1.29 is 44.4 Å². The van der Waals surface area contributed by atoms with E-state index in [0.717, 1.165) is 6.92 Å². The third kappa shape index (κ3) is 5.72. The molecule has 4 N–H and O–H groups in total. The summed E-state index contributed by atoms with van der Waals surface area (Å²) in [5.41, 5.74) is 5.25. The molecule has 2 aliphatic rings. The highest BCUT2D eigenvalue weighted by molar-refractivity contribution is 7.93. The molecule has 0 spiro atoms. The van der Waals surface area contributed by atoms with Crippen LogP contribution in [0.3, 0.4) is 0 Å². The van der Waals surface area contributed by atoms with Gasteiger partial charge in [-0.05, 0) is 44.7 Å². The molecule has 4 rings (SSSR count). The lowest BCUT2D eigenvalue weighted by Crippen LogP contribution is -2.67. The fraction of sp³-hybridized carbons (Fsp3) is 0.464. The number of anilines is 1. The molecule has 2 aromatic rings. The Labute approximate surface area is 251 Å². The number of rotatable bonds is 7. The highest BCUT2D eigenvalue weighted by Gasteiger charge is 2.56. The standard InChI is InChI=1S/C28H33F5N6O4S/c1-16-7-6-14-39(16,28(41)36-15-18-10-12-37(13-11-18)27(34)35)26(40)17(2)38(19-8-4-3-5-9-19)44(42,43)25-23(32)21(30)20(29)22(31)24(25)33/h3-5,8-9,16-18H,6-7,10-15H2,1-2H3,(H3-,34,35,36,41)/p+1/t16-,17+,39?/m1/s1. The molecule has 1 unspecified atom stereocenters. The zero-order valence-electron chi connectivity index (χ0n) is 24.1. The normalized spacial score (nSPS) is 21.6. The number of amides is 3. The fourth-order valence-electron chi connectivity index (χ4n) is 6.05. The third-order valence-electron chi connectivity index (χ3n) is 8.54. The summed E-state index contributed by atoms with van der Waals surface area (Å²) < 4.78 is 98.9. The maximum Gasteiger partial charge on any atom is 0.424 e. The SMILES string of the molecule is C[C@@H]1CCC[N+]1(C(=O)NCC1CCN(C(=N)N)CC1)C(=O)[C@H](C)N(c1ccccc1)S(=O)(=O)c1c(F)c(F)c(F)c(F)c1F. The number of likely N-dealkylation sites (tertiary alicyclic amines) is 2. The summed E-state index contributed by atoms with van der Waals surface area (Å²) in [6, 6.07) is 3.48. The van der Waals surface area contributed by atoms with Gasteiger partial charge in [0.1, 0.15) is 6.04 Å². The van der Waals surface area contributed by atoms with Crippen LogP contribution in [0.5, 0.6) is 0 Å². The number of nitrogens with one attached hydrogen (secondary N) is 2. The summed E-state index contributed by atoms with van der Waals surface area (Å²) in [6.45, 7) is 3.99. The summed E-state index contributed by atoms with van der Waals surface area (Å²) in [4.78, 5) is 27.7. The van der Waals surface area contributed by atoms with Crippen LogP contribution in [-0.4, -0.2) is 74.0 Å². The number of benzene rings is 2. The predicted octanol–water partition coefficient (Wildman–Crippen LogP) is 3.81. The van der Waals surface area contributed by atoms with Crippen LogP contribution in [0.2, 0.25) is 0 Å². The molecule has 2 aliphatic heterocycles. The molecule has 2 heterocycles. The van der Waals surface area contributed by atoms with Gasteiger partial charge in [-0.1, -0.05) is 18.2 Å². The second-order valence-corrected chi connectivity index (χ2v) is 12.9. The number of nitrogens with zero attached hydrogens (tertiary/aromatic N) is 3. The van der Waals surface area contributed by atoms with E-state index in [9.17, 15) is 40.0 Å². The van der Waals surface area contributed by atoms with E-state index < -0.39 is 72.5 Å². The summed E-state index contributed by atoms with van der Waals surface area (Å²) in [7, 11) is -5.62. The van der Waals surface area contributed by atoms with Gasteiger partial charge in [-0.25, -0.2) is 44.3 Å². The average molecular weight is 646 g/mol. The van der Waals surface area contributed by atoms with Crippen molar-refractivity contribution in [2.24, 2.45) is 11.7 Å². The van der Waals surface area contributed by atoms with Gasteiger partial charge >= 0.3 is 11.9 Å². The largest absolute Gasteiger partial charge is 0.424 e. The van der Waals surface area contributed by atoms with Gasteiger partial charge in [0.2, 0.25) is 5.82 Å². The summed E-state index contributed by atoms with van der Waals surface area (Å²) in [5, 5.41) is 10.4. The van der Waals surface area contributed by atoms with Crippen LogP contribution in [0.1, 0.15) is 39.5 Å². The summed E-state index contributed by atoms with van der Waals surface area (Å²) in [6.07, 6.45) is 2.11. The molecule has 2 fully saturated rings. The second-order valence-electron chi connectivity index (χ2n) is 11.1. The maximum absolute atomic E-state index is 14.8. The van der Waals surface area contributed by atoms with Crippen LogP contribution in [0.4, 0.5) is 32.4 Å². The minimum absolute atomic E-state index is 0.00413. The number of para-hydroxylation sites is 1. The van der Waals surface area contributed by atoms with Crippen LogP contribution >= 0.6 is 0 Å². The molecule has 2 aromatic carbocycles. The van der Waals surface area contributed by atoms with Gasteiger partial charge in [0.05, 0.1) is 12.2 Å². The van der Waals surface area contributed by atoms with Crippen molar-refractivity contribution in [3.8, 4) is 0 Å². The van der Waals surface area contributed by atoms with Crippen molar-refractivity contribution in [2.45, 2.75) is 56.5 Å². The lowest BCUT2D eigenvalue weighted by Gasteiger charge is -2.38. The first-order chi connectivity index (χ1) is 20.7. The molecular weight excluding hydrogens is 611 g/mol. The maximum atomic E-state index is 14.8. The fourth-order valence-corrected chi connectivity index (χ4v) is 7.78. The second kappa shape index (κ2) is 12.7. The minimum atomic E-state index is -5.62. The first-order valence-corrected chi connectivity index (χ1v) is 15.5. The molecule has 0 aliphatic carbocycles. The third-order valence-corrected chi connectivity index (χ3v) is 10.5. The molecule has 2 saturated heterocycles. The molecular formula is C28H34F5N6O4S+. The van der Waals surface area contributed by atoms with E-state index in [-0.39, 0.29) is 30.7 Å². The number of quaternary nitrogens is 1. The highest BCUT2D eigenvalue weighted by Crippen LogP contribution is 2.36. The number of imide groups is 1. The number of halogens is 5. The lowest BCUT2D eigenvalue weighted by atomic mass is 9.97. The van der Waals surface area contributed by atoms with E-state index in [0.29, 0.717) is 43.1 Å². The molecule has 0 saturated carbocycles.